The number of benzene rings is 1. The average molecular weight is 362 g/mol. The molecule has 4 nitrogen and oxygen atoms in total. The average Bonchev–Trinajstić information content (AvgIpc) is 2.60. The maximum absolute atomic E-state index is 14.0. The molecule has 144 valence electrons. The summed E-state index contributed by atoms with van der Waals surface area (Å²) in [6.07, 6.45) is 2.20. The summed E-state index contributed by atoms with van der Waals surface area (Å²) < 4.78 is 14.0. The van der Waals surface area contributed by atoms with E-state index >= 15 is 0 Å². The van der Waals surface area contributed by atoms with Crippen molar-refractivity contribution in [2.45, 2.75) is 52.4 Å². The van der Waals surface area contributed by atoms with Gasteiger partial charge in [0.05, 0.1) is 0 Å². The van der Waals surface area contributed by atoms with Gasteiger partial charge in [-0.25, -0.2) is 4.39 Å². The number of hydrogen-bond acceptors (Lipinski definition) is 2. The highest BCUT2D eigenvalue weighted by atomic mass is 19.1. The summed E-state index contributed by atoms with van der Waals surface area (Å²) >= 11 is 0. The van der Waals surface area contributed by atoms with E-state index in [1.165, 1.54) is 6.07 Å². The van der Waals surface area contributed by atoms with Crippen LogP contribution in [0.2, 0.25) is 0 Å². The minimum Gasteiger partial charge on any atom is -0.355 e. The number of hydrogen-bond donors (Lipinski definition) is 1. The van der Waals surface area contributed by atoms with Crippen LogP contribution in [0.5, 0.6) is 0 Å². The molecule has 0 radical (unpaired) electrons. The molecule has 5 heteroatoms. The van der Waals surface area contributed by atoms with Gasteiger partial charge in [-0.15, -0.1) is 0 Å². The van der Waals surface area contributed by atoms with Crippen molar-refractivity contribution >= 4 is 11.8 Å². The molecule has 0 bridgehead atoms. The summed E-state index contributed by atoms with van der Waals surface area (Å²) in [5.41, 5.74) is 0.148. The molecule has 0 spiro atoms. The number of carbonyl (C=O) groups excluding carboxylic acids is 2. The van der Waals surface area contributed by atoms with Crippen molar-refractivity contribution in [1.82, 2.24) is 10.2 Å². The van der Waals surface area contributed by atoms with Crippen molar-refractivity contribution in [3.63, 3.8) is 0 Å². The van der Waals surface area contributed by atoms with Gasteiger partial charge in [-0.3, -0.25) is 9.59 Å². The van der Waals surface area contributed by atoms with E-state index < -0.39 is 5.41 Å². The molecule has 1 aliphatic rings. The Kier molecular flexibility index (Phi) is 6.79. The predicted octanol–water partition coefficient (Wildman–Crippen LogP) is 3.50. The maximum atomic E-state index is 14.0. The molecule has 1 N–H and O–H groups in total. The Labute approximate surface area is 156 Å². The van der Waals surface area contributed by atoms with Crippen LogP contribution in [-0.4, -0.2) is 36.3 Å². The number of nitrogens with zero attached hydrogens (tertiary/aromatic N) is 1. The van der Waals surface area contributed by atoms with Crippen molar-refractivity contribution in [3.8, 4) is 0 Å². The molecule has 0 saturated carbocycles. The van der Waals surface area contributed by atoms with E-state index in [9.17, 15) is 14.0 Å². The van der Waals surface area contributed by atoms with Gasteiger partial charge in [0, 0.05) is 37.4 Å². The highest BCUT2D eigenvalue weighted by Gasteiger charge is 2.27. The molecular formula is C21H31FN2O2. The summed E-state index contributed by atoms with van der Waals surface area (Å²) in [6.45, 7) is 9.56. The lowest BCUT2D eigenvalue weighted by Gasteiger charge is -2.33. The number of halogens is 1. The van der Waals surface area contributed by atoms with Gasteiger partial charge in [-0.05, 0) is 30.4 Å². The molecule has 1 fully saturated rings. The van der Waals surface area contributed by atoms with E-state index in [0.717, 1.165) is 25.9 Å². The molecule has 1 heterocycles. The largest absolute Gasteiger partial charge is 0.355 e. The van der Waals surface area contributed by atoms with Gasteiger partial charge in [0.2, 0.25) is 11.8 Å². The first-order chi connectivity index (χ1) is 12.2. The van der Waals surface area contributed by atoms with Crippen LogP contribution < -0.4 is 5.32 Å². The lowest BCUT2D eigenvalue weighted by Crippen LogP contribution is -2.42. The van der Waals surface area contributed by atoms with Crippen LogP contribution in [0.25, 0.3) is 0 Å². The van der Waals surface area contributed by atoms with Gasteiger partial charge in [0.1, 0.15) is 5.82 Å². The van der Waals surface area contributed by atoms with Gasteiger partial charge < -0.3 is 10.2 Å². The molecular weight excluding hydrogens is 331 g/mol. The van der Waals surface area contributed by atoms with Crippen LogP contribution in [0, 0.1) is 17.7 Å². The van der Waals surface area contributed by atoms with E-state index in [1.54, 1.807) is 12.1 Å². The number of rotatable bonds is 6. The number of piperidine rings is 1. The second-order valence-corrected chi connectivity index (χ2v) is 8.27. The fraction of sp³-hybridized carbons (Fsp3) is 0.619. The highest BCUT2D eigenvalue weighted by molar-refractivity contribution is 5.78. The molecule has 0 unspecified atom stereocenters. The predicted molar refractivity (Wildman–Crippen MR) is 101 cm³/mol. The summed E-state index contributed by atoms with van der Waals surface area (Å²) in [6, 6.07) is 6.70. The first-order valence-corrected chi connectivity index (χ1v) is 9.51. The van der Waals surface area contributed by atoms with Crippen molar-refractivity contribution < 1.29 is 14.0 Å². The first-order valence-electron chi connectivity index (χ1n) is 9.51. The molecule has 1 aromatic rings. The quantitative estimate of drug-likeness (QED) is 0.842. The zero-order valence-electron chi connectivity index (χ0n) is 16.3. The minimum absolute atomic E-state index is 0.00282. The van der Waals surface area contributed by atoms with Gasteiger partial charge in [-0.2, -0.15) is 0 Å². The molecule has 0 atom stereocenters. The van der Waals surface area contributed by atoms with Crippen LogP contribution in [-0.2, 0) is 15.0 Å². The molecule has 1 saturated heterocycles. The molecule has 1 aromatic carbocycles. The van der Waals surface area contributed by atoms with Crippen LogP contribution in [0.4, 0.5) is 4.39 Å². The number of carbonyl (C=O) groups is 2. The van der Waals surface area contributed by atoms with Crippen LogP contribution >= 0.6 is 0 Å². The number of nitrogens with one attached hydrogen (secondary N) is 1. The van der Waals surface area contributed by atoms with E-state index in [2.05, 4.69) is 5.32 Å². The van der Waals surface area contributed by atoms with Crippen LogP contribution in [0.15, 0.2) is 24.3 Å². The van der Waals surface area contributed by atoms with Gasteiger partial charge in [0.25, 0.3) is 0 Å². The Morgan fingerprint density at radius 1 is 1.23 bits per heavy atom. The Bertz CT molecular complexity index is 635. The monoisotopic (exact) mass is 362 g/mol. The van der Waals surface area contributed by atoms with E-state index in [1.807, 2.05) is 38.7 Å². The zero-order valence-corrected chi connectivity index (χ0v) is 16.3. The van der Waals surface area contributed by atoms with Crippen molar-refractivity contribution in [2.75, 3.05) is 19.6 Å². The fourth-order valence-corrected chi connectivity index (χ4v) is 3.48. The Hall–Kier alpha value is -1.91. The fourth-order valence-electron chi connectivity index (χ4n) is 3.48. The normalized spacial score (nSPS) is 16.0. The van der Waals surface area contributed by atoms with Crippen molar-refractivity contribution in [3.05, 3.63) is 35.6 Å². The third-order valence-corrected chi connectivity index (χ3v) is 5.22. The van der Waals surface area contributed by atoms with Crippen molar-refractivity contribution in [2.24, 2.45) is 11.8 Å². The van der Waals surface area contributed by atoms with E-state index in [0.29, 0.717) is 24.4 Å². The first kappa shape index (κ1) is 20.4. The molecule has 26 heavy (non-hydrogen) atoms. The van der Waals surface area contributed by atoms with E-state index in [4.69, 9.17) is 0 Å². The maximum Gasteiger partial charge on any atom is 0.225 e. The molecule has 2 amide bonds. The third-order valence-electron chi connectivity index (χ3n) is 5.22. The molecule has 2 rings (SSSR count). The molecule has 1 aliphatic heterocycles. The smallest absolute Gasteiger partial charge is 0.225 e. The lowest BCUT2D eigenvalue weighted by molar-refractivity contribution is -0.136. The summed E-state index contributed by atoms with van der Waals surface area (Å²) in [7, 11) is 0. The van der Waals surface area contributed by atoms with Gasteiger partial charge >= 0.3 is 0 Å². The highest BCUT2D eigenvalue weighted by Crippen LogP contribution is 2.25. The van der Waals surface area contributed by atoms with E-state index in [-0.39, 0.29) is 23.5 Å². The summed E-state index contributed by atoms with van der Waals surface area (Å²) in [5, 5.41) is 2.96. The Balaban J connectivity index is 1.79. The number of amides is 2. The molecule has 0 aliphatic carbocycles. The Morgan fingerprint density at radius 3 is 2.42 bits per heavy atom. The van der Waals surface area contributed by atoms with Crippen molar-refractivity contribution in [1.29, 1.82) is 0 Å². The number of likely N-dealkylation sites (tertiary alicyclic amines) is 1. The molecule has 0 aromatic heterocycles. The zero-order chi connectivity index (χ0) is 19.3. The summed E-state index contributed by atoms with van der Waals surface area (Å²) in [5.74, 6) is 0.287. The van der Waals surface area contributed by atoms with Gasteiger partial charge in [-0.1, -0.05) is 45.9 Å². The standard InChI is InChI=1S/C21H31FN2O2/c1-15(2)20(26)24-11-9-16(10-12-24)13-19(25)23-14-21(3,4)17-7-5-6-8-18(17)22/h5-8,15-16H,9-14H2,1-4H3,(H,23,25). The van der Waals surface area contributed by atoms with Crippen LogP contribution in [0.3, 0.4) is 0 Å². The lowest BCUT2D eigenvalue weighted by atomic mass is 9.84. The van der Waals surface area contributed by atoms with Gasteiger partial charge in [0.15, 0.2) is 0 Å². The summed E-state index contributed by atoms with van der Waals surface area (Å²) in [4.78, 5) is 26.2. The SMILES string of the molecule is CC(C)C(=O)N1CCC(CC(=O)NCC(C)(C)c2ccccc2F)CC1. The minimum atomic E-state index is -0.464. The van der Waals surface area contributed by atoms with Crippen LogP contribution in [0.1, 0.15) is 52.5 Å². The second-order valence-electron chi connectivity index (χ2n) is 8.27. The Morgan fingerprint density at radius 2 is 1.85 bits per heavy atom. The topological polar surface area (TPSA) is 49.4 Å². The second kappa shape index (κ2) is 8.65. The third kappa shape index (κ3) is 5.29.